The van der Waals surface area contributed by atoms with Gasteiger partial charge in [-0.05, 0) is 61.7 Å². The van der Waals surface area contributed by atoms with Gasteiger partial charge in [-0.2, -0.15) is 0 Å². The molecular weight excluding hydrogens is 465 g/mol. The zero-order chi connectivity index (χ0) is 23.7. The van der Waals surface area contributed by atoms with Crippen molar-refractivity contribution in [2.24, 2.45) is 0 Å². The second kappa shape index (κ2) is 9.49. The first-order valence-corrected chi connectivity index (χ1v) is 12.0. The molecule has 5 rings (SSSR count). The SMILES string of the molecule is Cc1ccc2[nH]c(-c3ccc4ccccc4n3)c(CCCC(=O)Nc3cccc(Cl)c3Cl)c2c1. The normalized spacial score (nSPS) is 11.3. The fourth-order valence-corrected chi connectivity index (χ4v) is 4.63. The Hall–Kier alpha value is -3.34. The molecule has 0 unspecified atom stereocenters. The summed E-state index contributed by atoms with van der Waals surface area (Å²) in [4.78, 5) is 21.1. The molecule has 0 bridgehead atoms. The number of carbonyl (C=O) groups excluding carboxylic acids is 1. The lowest BCUT2D eigenvalue weighted by molar-refractivity contribution is -0.116. The van der Waals surface area contributed by atoms with Crippen LogP contribution in [0.5, 0.6) is 0 Å². The van der Waals surface area contributed by atoms with Crippen molar-refractivity contribution in [3.05, 3.63) is 94.0 Å². The quantitative estimate of drug-likeness (QED) is 0.255. The highest BCUT2D eigenvalue weighted by Crippen LogP contribution is 2.33. The Morgan fingerprint density at radius 1 is 1.00 bits per heavy atom. The number of aromatic amines is 1. The van der Waals surface area contributed by atoms with E-state index in [1.807, 2.05) is 18.2 Å². The molecule has 1 amide bonds. The van der Waals surface area contributed by atoms with E-state index in [4.69, 9.17) is 28.2 Å². The molecule has 0 radical (unpaired) electrons. The summed E-state index contributed by atoms with van der Waals surface area (Å²) in [5.41, 5.74) is 6.83. The number of pyridine rings is 1. The molecule has 0 aliphatic heterocycles. The molecule has 0 saturated heterocycles. The van der Waals surface area contributed by atoms with Crippen LogP contribution in [0.15, 0.2) is 72.8 Å². The molecule has 5 aromatic rings. The number of rotatable bonds is 6. The predicted octanol–water partition coefficient (Wildman–Crippen LogP) is 7.96. The number of nitrogens with one attached hydrogen (secondary N) is 2. The first-order chi connectivity index (χ1) is 16.5. The highest BCUT2D eigenvalue weighted by molar-refractivity contribution is 6.44. The summed E-state index contributed by atoms with van der Waals surface area (Å²) in [7, 11) is 0. The fraction of sp³-hybridized carbons (Fsp3) is 0.143. The number of aromatic nitrogens is 2. The predicted molar refractivity (Wildman–Crippen MR) is 142 cm³/mol. The number of anilines is 1. The van der Waals surface area contributed by atoms with E-state index >= 15 is 0 Å². The monoisotopic (exact) mass is 487 g/mol. The molecular formula is C28H23Cl2N3O. The van der Waals surface area contributed by atoms with Gasteiger partial charge in [0.1, 0.15) is 0 Å². The Balaban J connectivity index is 1.41. The molecule has 0 saturated carbocycles. The van der Waals surface area contributed by atoms with Crippen LogP contribution in [0.25, 0.3) is 33.2 Å². The summed E-state index contributed by atoms with van der Waals surface area (Å²) in [5, 5.41) is 5.92. The summed E-state index contributed by atoms with van der Waals surface area (Å²) >= 11 is 12.3. The van der Waals surface area contributed by atoms with Gasteiger partial charge in [0.2, 0.25) is 5.91 Å². The highest BCUT2D eigenvalue weighted by atomic mass is 35.5. The minimum absolute atomic E-state index is 0.0921. The molecule has 0 aliphatic carbocycles. The van der Waals surface area contributed by atoms with Crippen LogP contribution in [-0.2, 0) is 11.2 Å². The summed E-state index contributed by atoms with van der Waals surface area (Å²) in [6.07, 6.45) is 1.79. The van der Waals surface area contributed by atoms with Crippen molar-refractivity contribution in [1.82, 2.24) is 9.97 Å². The number of fused-ring (bicyclic) bond motifs is 2. The summed E-state index contributed by atoms with van der Waals surface area (Å²) in [5.74, 6) is -0.0921. The topological polar surface area (TPSA) is 57.8 Å². The van der Waals surface area contributed by atoms with Crippen LogP contribution in [-0.4, -0.2) is 15.9 Å². The van der Waals surface area contributed by atoms with E-state index in [2.05, 4.69) is 53.6 Å². The Bertz CT molecular complexity index is 1520. The van der Waals surface area contributed by atoms with E-state index in [1.54, 1.807) is 18.2 Å². The van der Waals surface area contributed by atoms with Crippen LogP contribution in [0, 0.1) is 6.92 Å². The van der Waals surface area contributed by atoms with Crippen molar-refractivity contribution < 1.29 is 4.79 Å². The number of benzene rings is 3. The van der Waals surface area contributed by atoms with Crippen LogP contribution >= 0.6 is 23.2 Å². The van der Waals surface area contributed by atoms with Gasteiger partial charge in [0, 0.05) is 22.7 Å². The average molecular weight is 488 g/mol. The molecule has 0 atom stereocenters. The summed E-state index contributed by atoms with van der Waals surface area (Å²) < 4.78 is 0. The minimum Gasteiger partial charge on any atom is -0.353 e. The number of hydrogen-bond donors (Lipinski definition) is 2. The van der Waals surface area contributed by atoms with Gasteiger partial charge in [-0.25, -0.2) is 4.98 Å². The van der Waals surface area contributed by atoms with Gasteiger partial charge in [0.15, 0.2) is 0 Å². The van der Waals surface area contributed by atoms with Gasteiger partial charge in [-0.3, -0.25) is 4.79 Å². The molecule has 2 aromatic heterocycles. The number of para-hydroxylation sites is 1. The minimum atomic E-state index is -0.0921. The maximum Gasteiger partial charge on any atom is 0.224 e. The molecule has 34 heavy (non-hydrogen) atoms. The number of halogens is 2. The molecule has 4 nitrogen and oxygen atoms in total. The van der Waals surface area contributed by atoms with Gasteiger partial charge >= 0.3 is 0 Å². The van der Waals surface area contributed by atoms with Gasteiger partial charge in [0.25, 0.3) is 0 Å². The highest BCUT2D eigenvalue weighted by Gasteiger charge is 2.16. The number of carbonyl (C=O) groups is 1. The molecule has 170 valence electrons. The second-order valence-corrected chi connectivity index (χ2v) is 9.21. The third-order valence-electron chi connectivity index (χ3n) is 5.97. The fourth-order valence-electron chi connectivity index (χ4n) is 4.28. The van der Waals surface area contributed by atoms with Crippen LogP contribution in [0.3, 0.4) is 0 Å². The van der Waals surface area contributed by atoms with E-state index in [9.17, 15) is 4.79 Å². The molecule has 3 aromatic carbocycles. The van der Waals surface area contributed by atoms with Crippen molar-refractivity contribution in [3.63, 3.8) is 0 Å². The van der Waals surface area contributed by atoms with Crippen LogP contribution < -0.4 is 5.32 Å². The zero-order valence-electron chi connectivity index (χ0n) is 18.7. The van der Waals surface area contributed by atoms with Gasteiger partial charge in [-0.15, -0.1) is 0 Å². The second-order valence-electron chi connectivity index (χ2n) is 8.42. The lowest BCUT2D eigenvalue weighted by Crippen LogP contribution is -2.12. The standard InChI is InChI=1S/C28H23Cl2N3O/c1-17-12-14-23-20(16-17)19(7-4-11-26(34)32-24-10-5-8-21(29)27(24)30)28(33-23)25-15-13-18-6-2-3-9-22(18)31-25/h2-3,5-6,8-10,12-16,33H,4,7,11H2,1H3,(H,32,34). The molecule has 0 spiro atoms. The third-order valence-corrected chi connectivity index (χ3v) is 6.79. The molecule has 0 aliphatic rings. The summed E-state index contributed by atoms with van der Waals surface area (Å²) in [6, 6.07) is 23.9. The first kappa shape index (κ1) is 22.5. The lowest BCUT2D eigenvalue weighted by atomic mass is 10.0. The number of H-pyrrole nitrogens is 1. The Morgan fingerprint density at radius 2 is 1.85 bits per heavy atom. The Morgan fingerprint density at radius 3 is 2.74 bits per heavy atom. The molecule has 2 heterocycles. The third kappa shape index (κ3) is 4.52. The van der Waals surface area contributed by atoms with Gasteiger partial charge in [-0.1, -0.05) is 65.2 Å². The zero-order valence-corrected chi connectivity index (χ0v) is 20.2. The number of hydrogen-bond acceptors (Lipinski definition) is 2. The van der Waals surface area contributed by atoms with Crippen molar-refractivity contribution in [2.75, 3.05) is 5.32 Å². The summed E-state index contributed by atoms with van der Waals surface area (Å²) in [6.45, 7) is 2.09. The van der Waals surface area contributed by atoms with E-state index in [1.165, 1.54) is 16.5 Å². The van der Waals surface area contributed by atoms with E-state index in [0.717, 1.165) is 34.2 Å². The van der Waals surface area contributed by atoms with Crippen LogP contribution in [0.1, 0.15) is 24.0 Å². The van der Waals surface area contributed by atoms with Crippen LogP contribution in [0.4, 0.5) is 5.69 Å². The molecule has 0 fully saturated rings. The smallest absolute Gasteiger partial charge is 0.224 e. The van der Waals surface area contributed by atoms with E-state index < -0.39 is 0 Å². The maximum atomic E-state index is 12.6. The molecule has 2 N–H and O–H groups in total. The number of nitrogens with zero attached hydrogens (tertiary/aromatic N) is 1. The van der Waals surface area contributed by atoms with Crippen LogP contribution in [0.2, 0.25) is 10.0 Å². The molecule has 6 heteroatoms. The van der Waals surface area contributed by atoms with Gasteiger partial charge in [0.05, 0.1) is 32.6 Å². The maximum absolute atomic E-state index is 12.6. The Labute approximate surface area is 207 Å². The van der Waals surface area contributed by atoms with E-state index in [0.29, 0.717) is 28.6 Å². The van der Waals surface area contributed by atoms with E-state index in [-0.39, 0.29) is 5.91 Å². The largest absolute Gasteiger partial charge is 0.353 e. The first-order valence-electron chi connectivity index (χ1n) is 11.2. The average Bonchev–Trinajstić information content (AvgIpc) is 3.19. The Kier molecular flexibility index (Phi) is 6.27. The van der Waals surface area contributed by atoms with Crippen molar-refractivity contribution in [2.45, 2.75) is 26.2 Å². The lowest BCUT2D eigenvalue weighted by Gasteiger charge is -2.09. The van der Waals surface area contributed by atoms with Crippen molar-refractivity contribution in [3.8, 4) is 11.4 Å². The number of aryl methyl sites for hydroxylation is 2. The number of amides is 1. The van der Waals surface area contributed by atoms with Crippen molar-refractivity contribution >= 4 is 56.6 Å². The van der Waals surface area contributed by atoms with Crippen molar-refractivity contribution in [1.29, 1.82) is 0 Å². The van der Waals surface area contributed by atoms with Gasteiger partial charge < -0.3 is 10.3 Å².